The van der Waals surface area contributed by atoms with Crippen LogP contribution in [0.2, 0.25) is 0 Å². The number of carbonyl (C=O) groups is 1. The third kappa shape index (κ3) is 2.98. The zero-order valence-electron chi connectivity index (χ0n) is 9.32. The van der Waals surface area contributed by atoms with Crippen LogP contribution in [-0.2, 0) is 0 Å². The molecule has 0 aliphatic heterocycles. The number of phenolic OH excluding ortho intramolecular Hbond substituents is 1. The van der Waals surface area contributed by atoms with Gasteiger partial charge in [0.2, 0.25) is 0 Å². The number of rotatable bonds is 3. The summed E-state index contributed by atoms with van der Waals surface area (Å²) < 4.78 is 0. The standard InChI is InChI=1S/C11H15N3O2/c1-3-9(13-14-11(12)16)8-5-4-7(2)6-10(8)15/h4-6,15H,3H2,1-2H3,(H3,12,14,16). The van der Waals surface area contributed by atoms with E-state index in [4.69, 9.17) is 5.73 Å². The SMILES string of the molecule is CCC(=NNC(N)=O)c1ccc(C)cc1O. The van der Waals surface area contributed by atoms with Crippen molar-refractivity contribution in [3.05, 3.63) is 29.3 Å². The summed E-state index contributed by atoms with van der Waals surface area (Å²) in [5.41, 5.74) is 9.21. The lowest BCUT2D eigenvalue weighted by Crippen LogP contribution is -2.25. The molecule has 16 heavy (non-hydrogen) atoms. The van der Waals surface area contributed by atoms with E-state index < -0.39 is 6.03 Å². The monoisotopic (exact) mass is 221 g/mol. The van der Waals surface area contributed by atoms with Gasteiger partial charge in [-0.15, -0.1) is 0 Å². The molecule has 0 saturated carbocycles. The van der Waals surface area contributed by atoms with E-state index in [1.54, 1.807) is 12.1 Å². The maximum absolute atomic E-state index is 10.5. The number of hydrogen-bond acceptors (Lipinski definition) is 3. The first-order valence-electron chi connectivity index (χ1n) is 4.96. The summed E-state index contributed by atoms with van der Waals surface area (Å²) in [5.74, 6) is 0.145. The van der Waals surface area contributed by atoms with Crippen molar-refractivity contribution in [3.63, 3.8) is 0 Å². The van der Waals surface area contributed by atoms with Crippen molar-refractivity contribution >= 4 is 11.7 Å². The van der Waals surface area contributed by atoms with Crippen molar-refractivity contribution < 1.29 is 9.90 Å². The van der Waals surface area contributed by atoms with E-state index in [1.807, 2.05) is 19.9 Å². The number of nitrogens with one attached hydrogen (secondary N) is 1. The maximum atomic E-state index is 10.5. The van der Waals surface area contributed by atoms with Gasteiger partial charge in [-0.2, -0.15) is 5.10 Å². The second kappa shape index (κ2) is 5.16. The van der Waals surface area contributed by atoms with Crippen LogP contribution in [0.1, 0.15) is 24.5 Å². The molecule has 1 rings (SSSR count). The van der Waals surface area contributed by atoms with Gasteiger partial charge in [0, 0.05) is 5.56 Å². The van der Waals surface area contributed by atoms with E-state index in [0.717, 1.165) is 5.56 Å². The number of nitrogens with zero attached hydrogens (tertiary/aromatic N) is 1. The molecule has 0 bridgehead atoms. The quantitative estimate of drug-likeness (QED) is 0.533. The van der Waals surface area contributed by atoms with Gasteiger partial charge < -0.3 is 10.8 Å². The Balaban J connectivity index is 3.04. The zero-order chi connectivity index (χ0) is 12.1. The Hall–Kier alpha value is -2.04. The lowest BCUT2D eigenvalue weighted by Gasteiger charge is -2.07. The van der Waals surface area contributed by atoms with E-state index in [1.165, 1.54) is 0 Å². The summed E-state index contributed by atoms with van der Waals surface area (Å²) >= 11 is 0. The molecule has 5 nitrogen and oxygen atoms in total. The minimum atomic E-state index is -0.724. The van der Waals surface area contributed by atoms with Crippen LogP contribution in [-0.4, -0.2) is 16.8 Å². The molecule has 0 saturated heterocycles. The number of nitrogens with two attached hydrogens (primary N) is 1. The number of urea groups is 1. The fourth-order valence-corrected chi connectivity index (χ4v) is 1.34. The molecule has 0 radical (unpaired) electrons. The van der Waals surface area contributed by atoms with Crippen molar-refractivity contribution in [2.45, 2.75) is 20.3 Å². The van der Waals surface area contributed by atoms with E-state index in [0.29, 0.717) is 17.7 Å². The van der Waals surface area contributed by atoms with E-state index in [2.05, 4.69) is 10.5 Å². The number of primary amides is 1. The summed E-state index contributed by atoms with van der Waals surface area (Å²) in [7, 11) is 0. The normalized spacial score (nSPS) is 11.2. The predicted molar refractivity (Wildman–Crippen MR) is 62.4 cm³/mol. The largest absolute Gasteiger partial charge is 0.507 e. The summed E-state index contributed by atoms with van der Waals surface area (Å²) in [6, 6.07) is 4.54. The summed E-state index contributed by atoms with van der Waals surface area (Å²) in [6.45, 7) is 3.76. The molecular weight excluding hydrogens is 206 g/mol. The van der Waals surface area contributed by atoms with Crippen LogP contribution in [0.5, 0.6) is 5.75 Å². The summed E-state index contributed by atoms with van der Waals surface area (Å²) in [5, 5.41) is 13.6. The molecule has 0 aromatic heterocycles. The zero-order valence-corrected chi connectivity index (χ0v) is 9.32. The van der Waals surface area contributed by atoms with Gasteiger partial charge in [0.15, 0.2) is 0 Å². The van der Waals surface area contributed by atoms with Gasteiger partial charge >= 0.3 is 6.03 Å². The predicted octanol–water partition coefficient (Wildman–Crippen LogP) is 1.48. The van der Waals surface area contributed by atoms with Crippen molar-refractivity contribution in [2.24, 2.45) is 10.8 Å². The fraction of sp³-hybridized carbons (Fsp3) is 0.273. The molecular formula is C11H15N3O2. The first kappa shape index (κ1) is 12.0. The van der Waals surface area contributed by atoms with Gasteiger partial charge in [-0.3, -0.25) is 0 Å². The molecule has 4 N–H and O–H groups in total. The highest BCUT2D eigenvalue weighted by atomic mass is 16.3. The Morgan fingerprint density at radius 1 is 1.56 bits per heavy atom. The van der Waals surface area contributed by atoms with Crippen LogP contribution in [0.25, 0.3) is 0 Å². The van der Waals surface area contributed by atoms with E-state index >= 15 is 0 Å². The van der Waals surface area contributed by atoms with Crippen molar-refractivity contribution in [3.8, 4) is 5.75 Å². The highest BCUT2D eigenvalue weighted by Gasteiger charge is 2.07. The average molecular weight is 221 g/mol. The first-order chi connectivity index (χ1) is 7.54. The molecule has 86 valence electrons. The number of amides is 2. The lowest BCUT2D eigenvalue weighted by atomic mass is 10.1. The third-order valence-corrected chi connectivity index (χ3v) is 2.10. The molecule has 1 aromatic rings. The maximum Gasteiger partial charge on any atom is 0.332 e. The molecule has 0 aliphatic carbocycles. The van der Waals surface area contributed by atoms with Gasteiger partial charge in [0.25, 0.3) is 0 Å². The Kier molecular flexibility index (Phi) is 3.88. The summed E-state index contributed by atoms with van der Waals surface area (Å²) in [6.07, 6.45) is 0.580. The van der Waals surface area contributed by atoms with Crippen LogP contribution in [0, 0.1) is 6.92 Å². The second-order valence-corrected chi connectivity index (χ2v) is 3.41. The minimum Gasteiger partial charge on any atom is -0.507 e. The van der Waals surface area contributed by atoms with E-state index in [-0.39, 0.29) is 5.75 Å². The highest BCUT2D eigenvalue weighted by Crippen LogP contribution is 2.20. The van der Waals surface area contributed by atoms with Crippen LogP contribution < -0.4 is 11.2 Å². The third-order valence-electron chi connectivity index (χ3n) is 2.10. The second-order valence-electron chi connectivity index (χ2n) is 3.41. The van der Waals surface area contributed by atoms with Gasteiger partial charge in [-0.1, -0.05) is 13.0 Å². The topological polar surface area (TPSA) is 87.7 Å². The Morgan fingerprint density at radius 2 is 2.25 bits per heavy atom. The van der Waals surface area contributed by atoms with Crippen LogP contribution in [0.15, 0.2) is 23.3 Å². The Labute approximate surface area is 94.0 Å². The van der Waals surface area contributed by atoms with Gasteiger partial charge in [0.1, 0.15) is 5.75 Å². The van der Waals surface area contributed by atoms with Gasteiger partial charge in [-0.25, -0.2) is 10.2 Å². The van der Waals surface area contributed by atoms with Crippen molar-refractivity contribution in [2.75, 3.05) is 0 Å². The van der Waals surface area contributed by atoms with Crippen LogP contribution in [0.3, 0.4) is 0 Å². The molecule has 0 atom stereocenters. The smallest absolute Gasteiger partial charge is 0.332 e. The summed E-state index contributed by atoms with van der Waals surface area (Å²) in [4.78, 5) is 10.5. The molecule has 5 heteroatoms. The molecule has 1 aromatic carbocycles. The molecule has 0 spiro atoms. The average Bonchev–Trinajstić information content (AvgIpc) is 2.21. The fourth-order valence-electron chi connectivity index (χ4n) is 1.34. The number of phenols is 1. The molecule has 0 unspecified atom stereocenters. The molecule has 2 amide bonds. The van der Waals surface area contributed by atoms with E-state index in [9.17, 15) is 9.90 Å². The number of carbonyl (C=O) groups excluding carboxylic acids is 1. The van der Waals surface area contributed by atoms with Crippen LogP contribution >= 0.6 is 0 Å². The number of hydrazone groups is 1. The number of benzene rings is 1. The van der Waals surface area contributed by atoms with Crippen molar-refractivity contribution in [1.29, 1.82) is 0 Å². The van der Waals surface area contributed by atoms with Crippen molar-refractivity contribution in [1.82, 2.24) is 5.43 Å². The Bertz CT molecular complexity index is 427. The molecule has 0 heterocycles. The highest BCUT2D eigenvalue weighted by molar-refractivity contribution is 6.03. The first-order valence-corrected chi connectivity index (χ1v) is 4.96. The lowest BCUT2D eigenvalue weighted by molar-refractivity contribution is 0.249. The Morgan fingerprint density at radius 3 is 2.75 bits per heavy atom. The minimum absolute atomic E-state index is 0.145. The number of aromatic hydroxyl groups is 1. The number of hydrogen-bond donors (Lipinski definition) is 3. The molecule has 0 fully saturated rings. The van der Waals surface area contributed by atoms with Gasteiger partial charge in [0.05, 0.1) is 5.71 Å². The van der Waals surface area contributed by atoms with Gasteiger partial charge in [-0.05, 0) is 31.0 Å². The molecule has 0 aliphatic rings. The van der Waals surface area contributed by atoms with Crippen LogP contribution in [0.4, 0.5) is 4.79 Å². The number of aryl methyl sites for hydroxylation is 1.